The van der Waals surface area contributed by atoms with Crippen molar-refractivity contribution >= 4 is 40.4 Å². The molecule has 0 aliphatic heterocycles. The first-order chi connectivity index (χ1) is 8.81. The molecule has 0 bridgehead atoms. The number of thiazole rings is 1. The fourth-order valence-electron chi connectivity index (χ4n) is 1.35. The zero-order valence-corrected chi connectivity index (χ0v) is 11.6. The first-order valence-electron chi connectivity index (χ1n) is 5.10. The third kappa shape index (κ3) is 2.55. The van der Waals surface area contributed by atoms with Crippen LogP contribution in [-0.2, 0) is 5.75 Å². The summed E-state index contributed by atoms with van der Waals surface area (Å²) >= 11 is 4.88. The number of thiophene rings is 1. The number of anilines is 1. The molecule has 3 rings (SSSR count). The van der Waals surface area contributed by atoms with Gasteiger partial charge < -0.3 is 5.73 Å². The number of hydrogen-bond acceptors (Lipinski definition) is 7. The molecule has 0 aliphatic rings. The van der Waals surface area contributed by atoms with E-state index in [9.17, 15) is 0 Å². The van der Waals surface area contributed by atoms with Crippen molar-refractivity contribution in [3.63, 3.8) is 0 Å². The molecule has 8 heteroatoms. The van der Waals surface area contributed by atoms with E-state index in [1.54, 1.807) is 22.7 Å². The molecule has 3 heterocycles. The molecule has 92 valence electrons. The number of nitrogens with one attached hydrogen (secondary N) is 1. The van der Waals surface area contributed by atoms with Crippen LogP contribution in [0.2, 0.25) is 0 Å². The second-order valence-corrected chi connectivity index (χ2v) is 6.16. The lowest BCUT2D eigenvalue weighted by molar-refractivity contribution is 0.972. The molecule has 3 aromatic heterocycles. The third-order valence-electron chi connectivity index (χ3n) is 2.12. The Morgan fingerprint density at radius 2 is 2.28 bits per heavy atom. The maximum absolute atomic E-state index is 5.46. The van der Waals surface area contributed by atoms with Crippen molar-refractivity contribution in [2.75, 3.05) is 5.73 Å². The van der Waals surface area contributed by atoms with Crippen LogP contribution in [0.1, 0.15) is 5.69 Å². The lowest BCUT2D eigenvalue weighted by Crippen LogP contribution is -1.85. The lowest BCUT2D eigenvalue weighted by Gasteiger charge is -1.92. The van der Waals surface area contributed by atoms with Crippen LogP contribution in [0, 0.1) is 0 Å². The summed E-state index contributed by atoms with van der Waals surface area (Å²) in [6, 6.07) is 4.11. The van der Waals surface area contributed by atoms with Gasteiger partial charge >= 0.3 is 0 Å². The zero-order valence-electron chi connectivity index (χ0n) is 9.16. The lowest BCUT2D eigenvalue weighted by atomic mass is 10.5. The van der Waals surface area contributed by atoms with Crippen molar-refractivity contribution in [3.05, 3.63) is 28.6 Å². The van der Waals surface area contributed by atoms with Gasteiger partial charge in [-0.2, -0.15) is 4.98 Å². The quantitative estimate of drug-likeness (QED) is 0.723. The second-order valence-electron chi connectivity index (χ2n) is 3.41. The Bertz CT molecular complexity index is 628. The first-order valence-corrected chi connectivity index (χ1v) is 7.85. The molecule has 5 nitrogen and oxygen atoms in total. The van der Waals surface area contributed by atoms with Gasteiger partial charge in [-0.1, -0.05) is 17.8 Å². The summed E-state index contributed by atoms with van der Waals surface area (Å²) in [7, 11) is 0. The fraction of sp³-hybridized carbons (Fsp3) is 0.100. The Morgan fingerprint density at radius 3 is 3.00 bits per heavy atom. The van der Waals surface area contributed by atoms with E-state index in [2.05, 4.69) is 37.0 Å². The molecule has 0 aromatic carbocycles. The summed E-state index contributed by atoms with van der Waals surface area (Å²) in [4.78, 5) is 9.83. The fourth-order valence-corrected chi connectivity index (χ4v) is 3.79. The van der Waals surface area contributed by atoms with E-state index in [1.165, 1.54) is 16.6 Å². The number of thioether (sulfide) groups is 1. The Kier molecular flexibility index (Phi) is 3.31. The molecule has 3 N–H and O–H groups in total. The predicted octanol–water partition coefficient (Wildman–Crippen LogP) is 2.86. The minimum atomic E-state index is 0.343. The molecule has 0 saturated heterocycles. The van der Waals surface area contributed by atoms with Gasteiger partial charge in [0.25, 0.3) is 0 Å². The van der Waals surface area contributed by atoms with Gasteiger partial charge in [0, 0.05) is 11.1 Å². The highest BCUT2D eigenvalue weighted by molar-refractivity contribution is 7.98. The number of aromatic amines is 1. The van der Waals surface area contributed by atoms with Crippen molar-refractivity contribution in [1.82, 2.24) is 20.2 Å². The van der Waals surface area contributed by atoms with E-state index in [4.69, 9.17) is 5.73 Å². The van der Waals surface area contributed by atoms with E-state index in [0.717, 1.165) is 16.5 Å². The SMILES string of the molecule is Nc1nc(SCc2csc(-c3cccs3)n2)n[nH]1. The molecule has 0 radical (unpaired) electrons. The number of nitrogen functional groups attached to an aromatic ring is 1. The van der Waals surface area contributed by atoms with Crippen LogP contribution in [0.4, 0.5) is 5.95 Å². The first kappa shape index (κ1) is 11.7. The Balaban J connectivity index is 1.67. The van der Waals surface area contributed by atoms with Gasteiger partial charge in [-0.05, 0) is 11.4 Å². The van der Waals surface area contributed by atoms with Gasteiger partial charge in [0.2, 0.25) is 11.1 Å². The molecule has 3 aromatic rings. The van der Waals surface area contributed by atoms with Crippen molar-refractivity contribution < 1.29 is 0 Å². The van der Waals surface area contributed by atoms with Gasteiger partial charge in [-0.15, -0.1) is 27.8 Å². The Hall–Kier alpha value is -1.38. The maximum atomic E-state index is 5.46. The molecule has 0 amide bonds. The van der Waals surface area contributed by atoms with Crippen LogP contribution in [0.3, 0.4) is 0 Å². The van der Waals surface area contributed by atoms with Crippen molar-refractivity contribution in [1.29, 1.82) is 0 Å². The van der Waals surface area contributed by atoms with Crippen molar-refractivity contribution in [2.45, 2.75) is 10.9 Å². The summed E-state index contributed by atoms with van der Waals surface area (Å²) in [6.45, 7) is 0. The van der Waals surface area contributed by atoms with Crippen LogP contribution in [0.5, 0.6) is 0 Å². The molecular formula is C10H9N5S3. The number of aromatic nitrogens is 4. The van der Waals surface area contributed by atoms with Crippen molar-refractivity contribution in [2.24, 2.45) is 0 Å². The van der Waals surface area contributed by atoms with Gasteiger partial charge in [0.05, 0.1) is 10.6 Å². The van der Waals surface area contributed by atoms with Gasteiger partial charge in [-0.25, -0.2) is 10.1 Å². The largest absolute Gasteiger partial charge is 0.368 e. The number of nitrogens with two attached hydrogens (primary N) is 1. The van der Waals surface area contributed by atoms with Gasteiger partial charge in [-0.3, -0.25) is 0 Å². The standard InChI is InChI=1S/C10H9N5S3/c11-9-13-10(15-14-9)18-5-6-4-17-8(12-6)7-2-1-3-16-7/h1-4H,5H2,(H3,11,13,14,15). The van der Waals surface area contributed by atoms with E-state index in [1.807, 2.05) is 6.07 Å². The average Bonchev–Trinajstić information content (AvgIpc) is 3.07. The average molecular weight is 295 g/mol. The molecule has 0 unspecified atom stereocenters. The monoisotopic (exact) mass is 295 g/mol. The number of hydrogen-bond donors (Lipinski definition) is 2. The molecular weight excluding hydrogens is 286 g/mol. The summed E-state index contributed by atoms with van der Waals surface area (Å²) < 4.78 is 0. The molecule has 0 aliphatic carbocycles. The van der Waals surface area contributed by atoms with Crippen LogP contribution < -0.4 is 5.73 Å². The number of H-pyrrole nitrogens is 1. The Labute approximate surface area is 115 Å². The van der Waals surface area contributed by atoms with E-state index >= 15 is 0 Å². The minimum absolute atomic E-state index is 0.343. The molecule has 0 saturated carbocycles. The summed E-state index contributed by atoms with van der Waals surface area (Å²) in [5.41, 5.74) is 6.50. The van der Waals surface area contributed by atoms with Crippen molar-refractivity contribution in [3.8, 4) is 9.88 Å². The summed E-state index contributed by atoms with van der Waals surface area (Å²) in [6.07, 6.45) is 0. The van der Waals surface area contributed by atoms with E-state index in [0.29, 0.717) is 11.1 Å². The van der Waals surface area contributed by atoms with E-state index in [-0.39, 0.29) is 0 Å². The highest BCUT2D eigenvalue weighted by Gasteiger charge is 2.07. The van der Waals surface area contributed by atoms with Crippen LogP contribution in [0.15, 0.2) is 28.0 Å². The van der Waals surface area contributed by atoms with Crippen LogP contribution in [0.25, 0.3) is 9.88 Å². The minimum Gasteiger partial charge on any atom is -0.368 e. The van der Waals surface area contributed by atoms with Crippen LogP contribution >= 0.6 is 34.4 Å². The molecule has 0 fully saturated rings. The molecule has 0 spiro atoms. The summed E-state index contributed by atoms with van der Waals surface area (Å²) in [5, 5.41) is 12.4. The third-order valence-corrected chi connectivity index (χ3v) is 4.93. The number of nitrogens with zero attached hydrogens (tertiary/aromatic N) is 3. The second kappa shape index (κ2) is 5.09. The zero-order chi connectivity index (χ0) is 12.4. The number of rotatable bonds is 4. The highest BCUT2D eigenvalue weighted by Crippen LogP contribution is 2.29. The van der Waals surface area contributed by atoms with E-state index < -0.39 is 0 Å². The normalized spacial score (nSPS) is 10.9. The van der Waals surface area contributed by atoms with Gasteiger partial charge in [0.1, 0.15) is 5.01 Å². The topological polar surface area (TPSA) is 80.5 Å². The van der Waals surface area contributed by atoms with Crippen LogP contribution in [-0.4, -0.2) is 20.2 Å². The molecule has 18 heavy (non-hydrogen) atoms. The summed E-state index contributed by atoms with van der Waals surface area (Å²) in [5.74, 6) is 1.09. The Morgan fingerprint density at radius 1 is 1.33 bits per heavy atom. The highest BCUT2D eigenvalue weighted by atomic mass is 32.2. The predicted molar refractivity (Wildman–Crippen MR) is 75.8 cm³/mol. The van der Waals surface area contributed by atoms with Gasteiger partial charge in [0.15, 0.2) is 0 Å². The maximum Gasteiger partial charge on any atom is 0.216 e. The molecule has 0 atom stereocenters. The smallest absolute Gasteiger partial charge is 0.216 e.